The van der Waals surface area contributed by atoms with Crippen molar-refractivity contribution >= 4 is 62.4 Å². The molecule has 1 aliphatic heterocycles. The Balaban J connectivity index is 0.000000960. The van der Waals surface area contributed by atoms with Crippen molar-refractivity contribution in [2.45, 2.75) is 26.3 Å². The van der Waals surface area contributed by atoms with Gasteiger partial charge in [0.2, 0.25) is 0 Å². The molecule has 3 aromatic heterocycles. The lowest BCUT2D eigenvalue weighted by Gasteiger charge is -2.46. The third-order valence-corrected chi connectivity index (χ3v) is 5.11. The lowest BCUT2D eigenvalue weighted by molar-refractivity contribution is 0.364. The first-order valence-electron chi connectivity index (χ1n) is 6.87. The Morgan fingerprint density at radius 2 is 1.87 bits per heavy atom. The van der Waals surface area contributed by atoms with E-state index in [0.717, 1.165) is 50.6 Å². The van der Waals surface area contributed by atoms with E-state index in [9.17, 15) is 0 Å². The predicted octanol–water partition coefficient (Wildman–Crippen LogP) is 2.63. The first-order chi connectivity index (χ1) is 9.96. The van der Waals surface area contributed by atoms with E-state index < -0.39 is 0 Å². The van der Waals surface area contributed by atoms with Crippen molar-refractivity contribution in [1.29, 1.82) is 0 Å². The summed E-state index contributed by atoms with van der Waals surface area (Å²) in [4.78, 5) is 12.1. The van der Waals surface area contributed by atoms with E-state index in [1.165, 1.54) is 0 Å². The van der Waals surface area contributed by atoms with Crippen molar-refractivity contribution < 1.29 is 0 Å². The standard InChI is InChI=1S/C14H16N6S.2ClH/c1-7-8(2)18-19-13-9(7)10-11(21-13)12(17-6-16-10)20-4-14(3,15)5-20;;/h6H,4-5,15H2,1-3H3;2*1H. The summed E-state index contributed by atoms with van der Waals surface area (Å²) in [6.45, 7) is 7.74. The Kier molecular flexibility index (Phi) is 4.69. The molecule has 1 fully saturated rings. The molecule has 0 aromatic carbocycles. The summed E-state index contributed by atoms with van der Waals surface area (Å²) in [6.07, 6.45) is 1.63. The largest absolute Gasteiger partial charge is 0.352 e. The molecule has 0 aliphatic carbocycles. The average molecular weight is 373 g/mol. The van der Waals surface area contributed by atoms with Crippen molar-refractivity contribution in [3.05, 3.63) is 17.6 Å². The second-order valence-corrected chi connectivity index (χ2v) is 7.08. The third kappa shape index (κ3) is 2.71. The van der Waals surface area contributed by atoms with Gasteiger partial charge in [-0.3, -0.25) is 0 Å². The van der Waals surface area contributed by atoms with Crippen molar-refractivity contribution in [2.75, 3.05) is 18.0 Å². The molecule has 0 unspecified atom stereocenters. The summed E-state index contributed by atoms with van der Waals surface area (Å²) in [7, 11) is 0. The van der Waals surface area contributed by atoms with Crippen LogP contribution in [-0.4, -0.2) is 38.8 Å². The van der Waals surface area contributed by atoms with Crippen molar-refractivity contribution in [2.24, 2.45) is 5.73 Å². The summed E-state index contributed by atoms with van der Waals surface area (Å²) < 4.78 is 1.08. The van der Waals surface area contributed by atoms with Gasteiger partial charge in [0.1, 0.15) is 17.0 Å². The van der Waals surface area contributed by atoms with Crippen molar-refractivity contribution in [3.8, 4) is 0 Å². The highest BCUT2D eigenvalue weighted by Gasteiger charge is 2.36. The van der Waals surface area contributed by atoms with E-state index in [2.05, 4.69) is 38.9 Å². The number of aryl methyl sites for hydroxylation is 2. The molecular weight excluding hydrogens is 355 g/mol. The molecule has 1 saturated heterocycles. The normalized spacial score (nSPS) is 15.9. The molecule has 4 rings (SSSR count). The molecule has 4 heterocycles. The van der Waals surface area contributed by atoms with Crippen LogP contribution in [0.25, 0.3) is 20.4 Å². The number of halogens is 2. The van der Waals surface area contributed by atoms with Gasteiger partial charge in [0, 0.05) is 24.0 Å². The number of nitrogens with two attached hydrogens (primary N) is 1. The minimum absolute atomic E-state index is 0. The molecule has 0 bridgehead atoms. The second kappa shape index (κ2) is 5.98. The average Bonchev–Trinajstić information content (AvgIpc) is 2.79. The van der Waals surface area contributed by atoms with Crippen LogP contribution in [0.2, 0.25) is 0 Å². The molecule has 0 spiro atoms. The minimum Gasteiger partial charge on any atom is -0.352 e. The van der Waals surface area contributed by atoms with Crippen LogP contribution in [0.15, 0.2) is 6.33 Å². The van der Waals surface area contributed by atoms with E-state index in [0.29, 0.717) is 0 Å². The number of thiophene rings is 1. The quantitative estimate of drug-likeness (QED) is 0.706. The summed E-state index contributed by atoms with van der Waals surface area (Å²) in [6, 6.07) is 0. The molecule has 0 amide bonds. The summed E-state index contributed by atoms with van der Waals surface area (Å²) in [5.74, 6) is 0.961. The molecule has 124 valence electrons. The minimum atomic E-state index is -0.125. The molecule has 2 N–H and O–H groups in total. The molecule has 9 heteroatoms. The number of hydrogen-bond donors (Lipinski definition) is 1. The van der Waals surface area contributed by atoms with Crippen LogP contribution in [0.4, 0.5) is 5.82 Å². The SMILES string of the molecule is Cc1nnc2sc3c(N4CC(C)(N)C4)ncnc3c2c1C.Cl.Cl. The highest BCUT2D eigenvalue weighted by molar-refractivity contribution is 7.26. The van der Waals surface area contributed by atoms with E-state index in [-0.39, 0.29) is 30.4 Å². The molecule has 0 radical (unpaired) electrons. The van der Waals surface area contributed by atoms with Gasteiger partial charge in [0.15, 0.2) is 0 Å². The molecule has 23 heavy (non-hydrogen) atoms. The fraction of sp³-hybridized carbons (Fsp3) is 0.429. The van der Waals surface area contributed by atoms with E-state index in [1.807, 2.05) is 6.92 Å². The molecular formula is C14H18Cl2N6S. The molecule has 0 atom stereocenters. The predicted molar refractivity (Wildman–Crippen MR) is 99.3 cm³/mol. The van der Waals surface area contributed by atoms with Crippen molar-refractivity contribution in [1.82, 2.24) is 20.2 Å². The molecule has 1 aliphatic rings. The van der Waals surface area contributed by atoms with Gasteiger partial charge in [-0.15, -0.1) is 41.2 Å². The number of nitrogens with zero attached hydrogens (tertiary/aromatic N) is 5. The Morgan fingerprint density at radius 1 is 1.17 bits per heavy atom. The topological polar surface area (TPSA) is 80.8 Å². The van der Waals surface area contributed by atoms with Crippen LogP contribution >= 0.6 is 36.2 Å². The maximum atomic E-state index is 6.11. The van der Waals surface area contributed by atoms with Gasteiger partial charge in [-0.05, 0) is 26.3 Å². The summed E-state index contributed by atoms with van der Waals surface area (Å²) in [5.41, 5.74) is 9.04. The highest BCUT2D eigenvalue weighted by Crippen LogP contribution is 2.39. The summed E-state index contributed by atoms with van der Waals surface area (Å²) >= 11 is 1.61. The fourth-order valence-electron chi connectivity index (χ4n) is 2.87. The molecule has 6 nitrogen and oxygen atoms in total. The van der Waals surface area contributed by atoms with Crippen LogP contribution in [0.1, 0.15) is 18.2 Å². The first-order valence-corrected chi connectivity index (χ1v) is 7.69. The monoisotopic (exact) mass is 372 g/mol. The van der Waals surface area contributed by atoms with Gasteiger partial charge in [-0.1, -0.05) is 0 Å². The number of fused-ring (bicyclic) bond motifs is 3. The fourth-order valence-corrected chi connectivity index (χ4v) is 4.02. The molecule has 0 saturated carbocycles. The number of aromatic nitrogens is 4. The van der Waals surface area contributed by atoms with Gasteiger partial charge in [0.05, 0.1) is 15.9 Å². The van der Waals surface area contributed by atoms with Crippen molar-refractivity contribution in [3.63, 3.8) is 0 Å². The van der Waals surface area contributed by atoms with Gasteiger partial charge in [-0.25, -0.2) is 9.97 Å². The molecule has 3 aromatic rings. The lowest BCUT2D eigenvalue weighted by atomic mass is 9.94. The van der Waals surface area contributed by atoms with Gasteiger partial charge in [0.25, 0.3) is 0 Å². The van der Waals surface area contributed by atoms with Gasteiger partial charge >= 0.3 is 0 Å². The van der Waals surface area contributed by atoms with Gasteiger partial charge in [-0.2, -0.15) is 5.10 Å². The zero-order valence-electron chi connectivity index (χ0n) is 13.0. The van der Waals surface area contributed by atoms with Gasteiger partial charge < -0.3 is 10.6 Å². The van der Waals surface area contributed by atoms with Crippen LogP contribution in [-0.2, 0) is 0 Å². The highest BCUT2D eigenvalue weighted by atomic mass is 35.5. The van der Waals surface area contributed by atoms with Crippen LogP contribution in [0, 0.1) is 13.8 Å². The Hall–Kier alpha value is -1.28. The number of hydrogen-bond acceptors (Lipinski definition) is 7. The van der Waals surface area contributed by atoms with E-state index in [4.69, 9.17) is 5.73 Å². The number of rotatable bonds is 1. The zero-order chi connectivity index (χ0) is 14.8. The third-order valence-electron chi connectivity index (χ3n) is 4.05. The van der Waals surface area contributed by atoms with Crippen LogP contribution in [0.3, 0.4) is 0 Å². The number of anilines is 1. The Labute approximate surface area is 150 Å². The van der Waals surface area contributed by atoms with Crippen LogP contribution < -0.4 is 10.6 Å². The maximum Gasteiger partial charge on any atom is 0.150 e. The van der Waals surface area contributed by atoms with E-state index >= 15 is 0 Å². The Bertz CT molecular complexity index is 870. The zero-order valence-corrected chi connectivity index (χ0v) is 15.5. The smallest absolute Gasteiger partial charge is 0.150 e. The Morgan fingerprint density at radius 3 is 2.52 bits per heavy atom. The summed E-state index contributed by atoms with van der Waals surface area (Å²) in [5, 5.41) is 9.62. The first kappa shape index (κ1) is 18.1. The maximum absolute atomic E-state index is 6.11. The lowest BCUT2D eigenvalue weighted by Crippen LogP contribution is -2.65. The second-order valence-electron chi connectivity index (χ2n) is 6.08. The van der Waals surface area contributed by atoms with E-state index in [1.54, 1.807) is 17.7 Å². The van der Waals surface area contributed by atoms with Crippen LogP contribution in [0.5, 0.6) is 0 Å².